The molecule has 0 aliphatic carbocycles. The van der Waals surface area contributed by atoms with Crippen LogP contribution in [0.25, 0.3) is 17.3 Å². The lowest BCUT2D eigenvalue weighted by molar-refractivity contribution is -0.116. The Labute approximate surface area is 308 Å². The van der Waals surface area contributed by atoms with Gasteiger partial charge in [0, 0.05) is 32.1 Å². The molecule has 6 aromatic rings. The van der Waals surface area contributed by atoms with Gasteiger partial charge in [-0.3, -0.25) is 14.4 Å². The summed E-state index contributed by atoms with van der Waals surface area (Å²) < 4.78 is 5.34. The Balaban J connectivity index is 1.16. The smallest absolute Gasteiger partial charge is 0.272 e. The number of nitrogens with one attached hydrogen (secondary N) is 3. The number of carbonyl (C=O) groups excluding carboxylic acids is 3. The molecule has 254 valence electrons. The van der Waals surface area contributed by atoms with Crippen molar-refractivity contribution in [2.45, 2.75) is 10.1 Å². The Morgan fingerprint density at radius 2 is 1.53 bits per heavy atom. The van der Waals surface area contributed by atoms with E-state index in [4.69, 9.17) is 16.3 Å². The van der Waals surface area contributed by atoms with Crippen molar-refractivity contribution >= 4 is 69.3 Å². The fourth-order valence-corrected chi connectivity index (χ4v) is 6.81. The minimum absolute atomic E-state index is 0.0576. The minimum atomic E-state index is -0.585. The number of thiazole rings is 1. The molecule has 0 saturated carbocycles. The first-order valence-electron chi connectivity index (χ1n) is 15.7. The summed E-state index contributed by atoms with van der Waals surface area (Å²) in [7, 11) is 1.61. The number of hydrogen-bond acceptors (Lipinski definition) is 7. The van der Waals surface area contributed by atoms with Crippen LogP contribution in [0.3, 0.4) is 0 Å². The van der Waals surface area contributed by atoms with E-state index in [0.717, 1.165) is 27.5 Å². The molecule has 5 aromatic carbocycles. The predicted molar refractivity (Wildman–Crippen MR) is 206 cm³/mol. The molecule has 1 unspecified atom stereocenters. The van der Waals surface area contributed by atoms with Gasteiger partial charge in [0.1, 0.15) is 16.7 Å². The van der Waals surface area contributed by atoms with Gasteiger partial charge in [-0.1, -0.05) is 84.4 Å². The summed E-state index contributed by atoms with van der Waals surface area (Å²) in [6.45, 7) is 0. The van der Waals surface area contributed by atoms with Gasteiger partial charge in [-0.25, -0.2) is 4.98 Å². The van der Waals surface area contributed by atoms with Crippen LogP contribution in [0.5, 0.6) is 5.75 Å². The van der Waals surface area contributed by atoms with Crippen molar-refractivity contribution in [2.24, 2.45) is 0 Å². The molecule has 3 amide bonds. The van der Waals surface area contributed by atoms with E-state index in [-0.39, 0.29) is 11.6 Å². The molecule has 0 spiro atoms. The van der Waals surface area contributed by atoms with Crippen molar-refractivity contribution in [3.8, 4) is 17.0 Å². The van der Waals surface area contributed by atoms with Crippen LogP contribution in [-0.4, -0.2) is 29.8 Å². The molecule has 1 heterocycles. The standard InChI is InChI=1S/C40H31ClN4O4S2/c1-49-32-14-8-13-29(24-32)35-25-50-40(44-35)45-39(48)36(27-9-4-2-5-10-27)51-33-21-19-31(20-22-33)42-38(47)34(23-26-15-17-30(41)18-16-26)43-37(46)28-11-6-3-7-12-28/h2-25,36H,1H3,(H,42,47)(H,43,46)(H,44,45,48)/b34-23-. The average Bonchev–Trinajstić information content (AvgIpc) is 3.64. The van der Waals surface area contributed by atoms with E-state index in [9.17, 15) is 14.4 Å². The number of ether oxygens (including phenoxy) is 1. The summed E-state index contributed by atoms with van der Waals surface area (Å²) in [6.07, 6.45) is 1.59. The van der Waals surface area contributed by atoms with Crippen LogP contribution < -0.4 is 20.7 Å². The Bertz CT molecular complexity index is 2160. The molecule has 0 bridgehead atoms. The maximum atomic E-state index is 13.7. The summed E-state index contributed by atoms with van der Waals surface area (Å²) in [4.78, 5) is 45.7. The van der Waals surface area contributed by atoms with Gasteiger partial charge in [0.15, 0.2) is 5.13 Å². The third-order valence-electron chi connectivity index (χ3n) is 7.52. The second kappa shape index (κ2) is 16.8. The van der Waals surface area contributed by atoms with Crippen LogP contribution in [-0.2, 0) is 9.59 Å². The number of aromatic nitrogens is 1. The first-order chi connectivity index (χ1) is 24.8. The highest BCUT2D eigenvalue weighted by Crippen LogP contribution is 2.37. The maximum absolute atomic E-state index is 13.7. The van der Waals surface area contributed by atoms with Crippen LogP contribution in [0, 0.1) is 0 Å². The molecule has 3 N–H and O–H groups in total. The van der Waals surface area contributed by atoms with Crippen molar-refractivity contribution in [3.05, 3.63) is 166 Å². The van der Waals surface area contributed by atoms with E-state index < -0.39 is 17.1 Å². The fraction of sp³-hybridized carbons (Fsp3) is 0.0500. The van der Waals surface area contributed by atoms with Crippen LogP contribution in [0.15, 0.2) is 149 Å². The van der Waals surface area contributed by atoms with E-state index in [1.165, 1.54) is 23.1 Å². The number of thioether (sulfide) groups is 1. The summed E-state index contributed by atoms with van der Waals surface area (Å²) in [5.41, 5.74) is 4.12. The van der Waals surface area contributed by atoms with Crippen LogP contribution in [0.1, 0.15) is 26.7 Å². The van der Waals surface area contributed by atoms with Gasteiger partial charge in [0.25, 0.3) is 11.8 Å². The number of rotatable bonds is 12. The Kier molecular flexibility index (Phi) is 11.6. The third-order valence-corrected chi connectivity index (χ3v) is 9.79. The monoisotopic (exact) mass is 730 g/mol. The fourth-order valence-electron chi connectivity index (χ4n) is 4.94. The van der Waals surface area contributed by atoms with E-state index in [1.807, 2.05) is 78.2 Å². The SMILES string of the molecule is COc1cccc(-c2csc(NC(=O)C(Sc3ccc(NC(=O)/C(=C/c4ccc(Cl)cc4)NC(=O)c4ccccc4)cc3)c3ccccc3)n2)c1. The Morgan fingerprint density at radius 1 is 0.824 bits per heavy atom. The zero-order chi connectivity index (χ0) is 35.6. The lowest BCUT2D eigenvalue weighted by atomic mass is 10.1. The highest BCUT2D eigenvalue weighted by Gasteiger charge is 2.24. The molecule has 0 aliphatic rings. The summed E-state index contributed by atoms with van der Waals surface area (Å²) in [5.74, 6) is -0.423. The predicted octanol–water partition coefficient (Wildman–Crippen LogP) is 9.35. The number of anilines is 2. The number of halogens is 1. The molecular formula is C40H31ClN4O4S2. The van der Waals surface area contributed by atoms with Gasteiger partial charge in [0.2, 0.25) is 5.91 Å². The number of hydrogen-bond donors (Lipinski definition) is 3. The highest BCUT2D eigenvalue weighted by atomic mass is 35.5. The van der Waals surface area contributed by atoms with Crippen LogP contribution >= 0.6 is 34.7 Å². The number of methoxy groups -OCH3 is 1. The van der Waals surface area contributed by atoms with Gasteiger partial charge >= 0.3 is 0 Å². The Hall–Kier alpha value is -5.68. The summed E-state index contributed by atoms with van der Waals surface area (Å²) >= 11 is 8.77. The lowest BCUT2D eigenvalue weighted by Crippen LogP contribution is -2.30. The van der Waals surface area contributed by atoms with Crippen molar-refractivity contribution in [1.29, 1.82) is 0 Å². The number of nitrogens with zero attached hydrogens (tertiary/aromatic N) is 1. The minimum Gasteiger partial charge on any atom is -0.497 e. The quantitative estimate of drug-likeness (QED) is 0.0856. The molecule has 0 radical (unpaired) electrons. The Morgan fingerprint density at radius 3 is 2.24 bits per heavy atom. The second-order valence-electron chi connectivity index (χ2n) is 11.1. The van der Waals surface area contributed by atoms with Crippen LogP contribution in [0.2, 0.25) is 5.02 Å². The van der Waals surface area contributed by atoms with Gasteiger partial charge in [-0.05, 0) is 77.9 Å². The van der Waals surface area contributed by atoms with Crippen molar-refractivity contribution < 1.29 is 19.1 Å². The molecule has 1 atom stereocenters. The van der Waals surface area contributed by atoms with Gasteiger partial charge in [-0.2, -0.15) is 0 Å². The maximum Gasteiger partial charge on any atom is 0.272 e. The molecular weight excluding hydrogens is 700 g/mol. The van der Waals surface area contributed by atoms with Gasteiger partial charge in [0.05, 0.1) is 12.8 Å². The zero-order valence-electron chi connectivity index (χ0n) is 27.2. The third kappa shape index (κ3) is 9.52. The van der Waals surface area contributed by atoms with Crippen molar-refractivity contribution in [3.63, 3.8) is 0 Å². The first kappa shape index (κ1) is 35.2. The zero-order valence-corrected chi connectivity index (χ0v) is 29.6. The first-order valence-corrected chi connectivity index (χ1v) is 17.9. The number of carbonyl (C=O) groups is 3. The van der Waals surface area contributed by atoms with E-state index >= 15 is 0 Å². The van der Waals surface area contributed by atoms with Gasteiger partial charge in [-0.15, -0.1) is 23.1 Å². The van der Waals surface area contributed by atoms with Crippen molar-refractivity contribution in [1.82, 2.24) is 10.3 Å². The molecule has 0 saturated heterocycles. The normalized spacial score (nSPS) is 11.7. The van der Waals surface area contributed by atoms with Gasteiger partial charge < -0.3 is 20.7 Å². The lowest BCUT2D eigenvalue weighted by Gasteiger charge is -2.17. The summed E-state index contributed by atoms with van der Waals surface area (Å²) in [5, 5.41) is 10.9. The highest BCUT2D eigenvalue weighted by molar-refractivity contribution is 8.00. The molecule has 0 fully saturated rings. The molecule has 51 heavy (non-hydrogen) atoms. The largest absolute Gasteiger partial charge is 0.497 e. The molecule has 0 aliphatic heterocycles. The average molecular weight is 731 g/mol. The van der Waals surface area contributed by atoms with E-state index in [0.29, 0.717) is 27.0 Å². The second-order valence-corrected chi connectivity index (χ2v) is 13.5. The van der Waals surface area contributed by atoms with E-state index in [1.54, 1.807) is 73.8 Å². The molecule has 6 rings (SSSR count). The number of amides is 3. The number of benzene rings is 5. The van der Waals surface area contributed by atoms with E-state index in [2.05, 4.69) is 20.9 Å². The van der Waals surface area contributed by atoms with Crippen LogP contribution in [0.4, 0.5) is 10.8 Å². The molecule has 8 nitrogen and oxygen atoms in total. The summed E-state index contributed by atoms with van der Waals surface area (Å²) in [6, 6.07) is 39.8. The molecule has 1 aromatic heterocycles. The topological polar surface area (TPSA) is 109 Å². The van der Waals surface area contributed by atoms with Crippen molar-refractivity contribution in [2.75, 3.05) is 17.7 Å². The molecule has 11 heteroatoms.